The monoisotopic (exact) mass is 269 g/mol. The van der Waals surface area contributed by atoms with E-state index in [1.54, 1.807) is 41.2 Å². The highest BCUT2D eigenvalue weighted by molar-refractivity contribution is 5.58. The number of rotatable bonds is 3. The number of hydrogen-bond donors (Lipinski definition) is 1. The number of benzene rings is 1. The van der Waals surface area contributed by atoms with Gasteiger partial charge in [-0.15, -0.1) is 0 Å². The molecule has 1 N–H and O–H groups in total. The van der Waals surface area contributed by atoms with Crippen LogP contribution in [0.15, 0.2) is 42.7 Å². The Balaban J connectivity index is 2.03. The van der Waals surface area contributed by atoms with Crippen LogP contribution >= 0.6 is 0 Å². The summed E-state index contributed by atoms with van der Waals surface area (Å²) in [5.74, 6) is 1.50. The number of nitrogens with zero attached hydrogens (tertiary/aromatic N) is 3. The lowest BCUT2D eigenvalue weighted by molar-refractivity contribution is 0.447. The predicted octanol–water partition coefficient (Wildman–Crippen LogP) is 3.35. The molecule has 0 saturated heterocycles. The minimum Gasteiger partial charge on any atom is -0.508 e. The summed E-state index contributed by atoms with van der Waals surface area (Å²) in [5, 5.41) is 13.9. The van der Waals surface area contributed by atoms with Crippen LogP contribution in [0.3, 0.4) is 0 Å². The number of fused-ring (bicyclic) bond motifs is 1. The van der Waals surface area contributed by atoms with Gasteiger partial charge in [-0.3, -0.25) is 0 Å². The van der Waals surface area contributed by atoms with Crippen LogP contribution in [0.1, 0.15) is 25.5 Å². The Morgan fingerprint density at radius 2 is 2.10 bits per heavy atom. The molecule has 0 fully saturated rings. The first-order valence-corrected chi connectivity index (χ1v) is 6.44. The Labute approximate surface area is 116 Å². The second-order valence-electron chi connectivity index (χ2n) is 4.89. The normalized spacial score (nSPS) is 11.2. The lowest BCUT2D eigenvalue weighted by atomic mass is 10.1. The van der Waals surface area contributed by atoms with E-state index in [0.717, 1.165) is 11.2 Å². The van der Waals surface area contributed by atoms with E-state index in [2.05, 4.69) is 23.9 Å². The van der Waals surface area contributed by atoms with Crippen LogP contribution in [0.2, 0.25) is 0 Å². The van der Waals surface area contributed by atoms with E-state index in [9.17, 15) is 5.11 Å². The van der Waals surface area contributed by atoms with Crippen molar-refractivity contribution in [3.63, 3.8) is 0 Å². The second-order valence-corrected chi connectivity index (χ2v) is 4.89. The van der Waals surface area contributed by atoms with Gasteiger partial charge in [-0.25, -0.2) is 9.50 Å². The minimum atomic E-state index is 0.158. The van der Waals surface area contributed by atoms with Gasteiger partial charge >= 0.3 is 0 Å². The smallest absolute Gasteiger partial charge is 0.245 e. The van der Waals surface area contributed by atoms with Gasteiger partial charge in [0.15, 0.2) is 0 Å². The maximum Gasteiger partial charge on any atom is 0.245 e. The highest BCUT2D eigenvalue weighted by Gasteiger charge is 2.11. The van der Waals surface area contributed by atoms with E-state index in [-0.39, 0.29) is 5.75 Å². The third kappa shape index (κ3) is 2.30. The summed E-state index contributed by atoms with van der Waals surface area (Å²) in [5.41, 5.74) is 1.79. The molecule has 0 unspecified atom stereocenters. The fourth-order valence-electron chi connectivity index (χ4n) is 1.94. The molecule has 0 aliphatic rings. The van der Waals surface area contributed by atoms with E-state index in [4.69, 9.17) is 4.74 Å². The highest BCUT2D eigenvalue weighted by atomic mass is 16.5. The van der Waals surface area contributed by atoms with Gasteiger partial charge in [-0.1, -0.05) is 19.9 Å². The van der Waals surface area contributed by atoms with E-state index < -0.39 is 0 Å². The van der Waals surface area contributed by atoms with E-state index in [0.29, 0.717) is 17.5 Å². The molecular weight excluding hydrogens is 254 g/mol. The van der Waals surface area contributed by atoms with Crippen LogP contribution in [-0.4, -0.2) is 19.7 Å². The van der Waals surface area contributed by atoms with Crippen molar-refractivity contribution in [2.24, 2.45) is 0 Å². The van der Waals surface area contributed by atoms with Gasteiger partial charge in [-0.05, 0) is 24.1 Å². The molecular formula is C15H15N3O2. The third-order valence-corrected chi connectivity index (χ3v) is 3.00. The van der Waals surface area contributed by atoms with Crippen molar-refractivity contribution in [3.05, 3.63) is 48.4 Å². The molecule has 0 spiro atoms. The number of phenolic OH excluding ortho intramolecular Hbond substituents is 1. The van der Waals surface area contributed by atoms with Crippen molar-refractivity contribution < 1.29 is 9.84 Å². The maximum atomic E-state index is 9.46. The Bertz CT molecular complexity index is 750. The van der Waals surface area contributed by atoms with Gasteiger partial charge in [-0.2, -0.15) is 5.10 Å². The maximum absolute atomic E-state index is 9.46. The summed E-state index contributed by atoms with van der Waals surface area (Å²) in [7, 11) is 0. The molecule has 0 atom stereocenters. The summed E-state index contributed by atoms with van der Waals surface area (Å²) >= 11 is 0. The Hall–Kier alpha value is -2.56. The number of hydrogen-bond acceptors (Lipinski definition) is 4. The molecule has 0 bridgehead atoms. The number of ether oxygens (including phenoxy) is 1. The van der Waals surface area contributed by atoms with Crippen LogP contribution in [0.4, 0.5) is 0 Å². The first-order chi connectivity index (χ1) is 9.63. The van der Waals surface area contributed by atoms with Crippen molar-refractivity contribution in [2.45, 2.75) is 19.8 Å². The summed E-state index contributed by atoms with van der Waals surface area (Å²) in [6.45, 7) is 4.18. The molecule has 0 aliphatic carbocycles. The quantitative estimate of drug-likeness (QED) is 0.792. The van der Waals surface area contributed by atoms with Gasteiger partial charge in [0.1, 0.15) is 17.0 Å². The molecule has 0 saturated carbocycles. The van der Waals surface area contributed by atoms with Crippen LogP contribution in [0.5, 0.6) is 17.4 Å². The summed E-state index contributed by atoms with van der Waals surface area (Å²) in [6.07, 6.45) is 3.43. The van der Waals surface area contributed by atoms with Crippen molar-refractivity contribution in [3.8, 4) is 17.4 Å². The third-order valence-electron chi connectivity index (χ3n) is 3.00. The SMILES string of the molecule is CC(C)c1cc2c(Oc3cccc(O)c3)nccn2n1. The predicted molar refractivity (Wildman–Crippen MR) is 75.3 cm³/mol. The van der Waals surface area contributed by atoms with E-state index >= 15 is 0 Å². The van der Waals surface area contributed by atoms with Gasteiger partial charge < -0.3 is 9.84 Å². The fourth-order valence-corrected chi connectivity index (χ4v) is 1.94. The largest absolute Gasteiger partial charge is 0.508 e. The molecule has 0 aliphatic heterocycles. The Morgan fingerprint density at radius 3 is 2.85 bits per heavy atom. The number of aromatic nitrogens is 3. The molecule has 0 radical (unpaired) electrons. The molecule has 1 aromatic carbocycles. The molecule has 3 rings (SSSR count). The molecule has 3 aromatic rings. The lowest BCUT2D eigenvalue weighted by Crippen LogP contribution is -1.94. The molecule has 20 heavy (non-hydrogen) atoms. The van der Waals surface area contributed by atoms with Gasteiger partial charge in [0, 0.05) is 18.5 Å². The van der Waals surface area contributed by atoms with Crippen molar-refractivity contribution in [1.82, 2.24) is 14.6 Å². The standard InChI is InChI=1S/C15H15N3O2/c1-10(2)13-9-14-15(16-6-7-18(14)17-13)20-12-5-3-4-11(19)8-12/h3-10,19H,1-2H3. The minimum absolute atomic E-state index is 0.158. The summed E-state index contributed by atoms with van der Waals surface area (Å²) in [4.78, 5) is 4.24. The second kappa shape index (κ2) is 4.85. The highest BCUT2D eigenvalue weighted by Crippen LogP contribution is 2.27. The topological polar surface area (TPSA) is 59.7 Å². The van der Waals surface area contributed by atoms with E-state index in [1.807, 2.05) is 6.07 Å². The van der Waals surface area contributed by atoms with Crippen LogP contribution < -0.4 is 4.74 Å². The summed E-state index contributed by atoms with van der Waals surface area (Å²) in [6, 6.07) is 8.60. The number of aromatic hydroxyl groups is 1. The zero-order chi connectivity index (χ0) is 14.1. The first-order valence-electron chi connectivity index (χ1n) is 6.44. The molecule has 2 heterocycles. The van der Waals surface area contributed by atoms with Gasteiger partial charge in [0.25, 0.3) is 0 Å². The van der Waals surface area contributed by atoms with Gasteiger partial charge in [0.05, 0.1) is 5.69 Å². The molecule has 2 aromatic heterocycles. The first kappa shape index (κ1) is 12.5. The Morgan fingerprint density at radius 1 is 1.25 bits per heavy atom. The van der Waals surface area contributed by atoms with E-state index in [1.165, 1.54) is 0 Å². The summed E-state index contributed by atoms with van der Waals surface area (Å²) < 4.78 is 7.48. The van der Waals surface area contributed by atoms with Crippen molar-refractivity contribution in [1.29, 1.82) is 0 Å². The van der Waals surface area contributed by atoms with Gasteiger partial charge in [0.2, 0.25) is 5.88 Å². The Kier molecular flexibility index (Phi) is 3.02. The van der Waals surface area contributed by atoms with Crippen LogP contribution in [0.25, 0.3) is 5.52 Å². The number of phenols is 1. The molecule has 0 amide bonds. The van der Waals surface area contributed by atoms with Crippen LogP contribution in [-0.2, 0) is 0 Å². The fraction of sp³-hybridized carbons (Fsp3) is 0.200. The lowest BCUT2D eigenvalue weighted by Gasteiger charge is -2.05. The average molecular weight is 269 g/mol. The molecule has 5 heteroatoms. The average Bonchev–Trinajstić information content (AvgIpc) is 2.84. The molecule has 102 valence electrons. The zero-order valence-electron chi connectivity index (χ0n) is 11.3. The van der Waals surface area contributed by atoms with Crippen molar-refractivity contribution >= 4 is 5.52 Å². The van der Waals surface area contributed by atoms with Crippen molar-refractivity contribution in [2.75, 3.05) is 0 Å². The van der Waals surface area contributed by atoms with Crippen LogP contribution in [0, 0.1) is 0 Å². The zero-order valence-corrected chi connectivity index (χ0v) is 11.3. The molecule has 5 nitrogen and oxygen atoms in total.